The summed E-state index contributed by atoms with van der Waals surface area (Å²) in [6.07, 6.45) is 14.4. The number of hydrogen-bond donors (Lipinski definition) is 0. The molecule has 0 N–H and O–H groups in total. The summed E-state index contributed by atoms with van der Waals surface area (Å²) in [5.41, 5.74) is 1.37. The van der Waals surface area contributed by atoms with Crippen LogP contribution in [0.2, 0.25) is 0 Å². The Kier molecular flexibility index (Phi) is 7.36. The van der Waals surface area contributed by atoms with E-state index in [1.165, 1.54) is 12.0 Å². The third-order valence-corrected chi connectivity index (χ3v) is 1.48. The first-order valence-electron chi connectivity index (χ1n) is 4.46. The number of allylic oxidation sites excluding steroid dienone is 7. The maximum atomic E-state index is 3.62. The largest absolute Gasteiger partial charge is 0.0991 e. The molecule has 0 rings (SSSR count). The Balaban J connectivity index is 4.16. The minimum absolute atomic E-state index is 1.14. The third kappa shape index (κ3) is 5.72. The molecule has 0 aromatic rings. The Morgan fingerprint density at radius 3 is 2.58 bits per heavy atom. The zero-order chi connectivity index (χ0) is 9.23. The van der Waals surface area contributed by atoms with Crippen LogP contribution in [0.15, 0.2) is 48.6 Å². The van der Waals surface area contributed by atoms with Gasteiger partial charge in [0.25, 0.3) is 0 Å². The van der Waals surface area contributed by atoms with E-state index in [0.29, 0.717) is 0 Å². The molecule has 0 unspecified atom stereocenters. The molecule has 0 radical (unpaired) electrons. The molecule has 0 aliphatic carbocycles. The van der Waals surface area contributed by atoms with Crippen molar-refractivity contribution in [2.75, 3.05) is 0 Å². The molecule has 0 heterocycles. The number of hydrogen-bond acceptors (Lipinski definition) is 0. The van der Waals surface area contributed by atoms with Crippen molar-refractivity contribution in [2.24, 2.45) is 0 Å². The molecular weight excluding hydrogens is 144 g/mol. The average Bonchev–Trinajstić information content (AvgIpc) is 2.06. The molecule has 0 aliphatic rings. The fourth-order valence-corrected chi connectivity index (χ4v) is 0.983. The van der Waals surface area contributed by atoms with Crippen LogP contribution < -0.4 is 0 Å². The Morgan fingerprint density at radius 2 is 2.08 bits per heavy atom. The Bertz CT molecular complexity index is 192. The summed E-state index contributed by atoms with van der Waals surface area (Å²) in [5.74, 6) is 0. The molecule has 0 bridgehead atoms. The second-order valence-corrected chi connectivity index (χ2v) is 2.61. The summed E-state index contributed by atoms with van der Waals surface area (Å²) in [5, 5.41) is 0. The fourth-order valence-electron chi connectivity index (χ4n) is 0.983. The highest BCUT2D eigenvalue weighted by Crippen LogP contribution is 2.06. The SMILES string of the molecule is C=C/C=C/C=C(/C=C/C)CCC. The van der Waals surface area contributed by atoms with Crippen molar-refractivity contribution in [3.8, 4) is 0 Å². The second-order valence-electron chi connectivity index (χ2n) is 2.61. The zero-order valence-electron chi connectivity index (χ0n) is 8.09. The lowest BCUT2D eigenvalue weighted by molar-refractivity contribution is 0.926. The topological polar surface area (TPSA) is 0 Å². The summed E-state index contributed by atoms with van der Waals surface area (Å²) in [6, 6.07) is 0. The van der Waals surface area contributed by atoms with Crippen molar-refractivity contribution in [1.29, 1.82) is 0 Å². The first-order valence-corrected chi connectivity index (χ1v) is 4.46. The smallest absolute Gasteiger partial charge is 0.0282 e. The summed E-state index contributed by atoms with van der Waals surface area (Å²) in [7, 11) is 0. The van der Waals surface area contributed by atoms with Crippen molar-refractivity contribution >= 4 is 0 Å². The van der Waals surface area contributed by atoms with Gasteiger partial charge in [-0.05, 0) is 18.9 Å². The molecule has 0 spiro atoms. The van der Waals surface area contributed by atoms with Gasteiger partial charge in [0.2, 0.25) is 0 Å². The highest BCUT2D eigenvalue weighted by molar-refractivity contribution is 5.24. The van der Waals surface area contributed by atoms with Crippen molar-refractivity contribution in [3.05, 3.63) is 48.6 Å². The quantitative estimate of drug-likeness (QED) is 0.535. The Hall–Kier alpha value is -1.04. The van der Waals surface area contributed by atoms with Crippen LogP contribution in [0.25, 0.3) is 0 Å². The fraction of sp³-hybridized carbons (Fsp3) is 0.333. The van der Waals surface area contributed by atoms with Crippen molar-refractivity contribution in [2.45, 2.75) is 26.7 Å². The van der Waals surface area contributed by atoms with Gasteiger partial charge >= 0.3 is 0 Å². The molecule has 0 aliphatic heterocycles. The standard InChI is InChI=1S/C12H18/c1-4-7-8-11-12(9-5-2)10-6-3/h4-5,7-9,11H,1,6,10H2,2-3H3/b8-7+,9-5+,12-11-. The van der Waals surface area contributed by atoms with Crippen LogP contribution in [0.5, 0.6) is 0 Å². The maximum Gasteiger partial charge on any atom is -0.0282 e. The molecule has 0 aromatic heterocycles. The van der Waals surface area contributed by atoms with Gasteiger partial charge in [0.05, 0.1) is 0 Å². The van der Waals surface area contributed by atoms with E-state index in [4.69, 9.17) is 0 Å². The van der Waals surface area contributed by atoms with E-state index < -0.39 is 0 Å². The van der Waals surface area contributed by atoms with E-state index in [0.717, 1.165) is 6.42 Å². The molecule has 66 valence electrons. The lowest BCUT2D eigenvalue weighted by Crippen LogP contribution is -1.75. The summed E-state index contributed by atoms with van der Waals surface area (Å²) < 4.78 is 0. The van der Waals surface area contributed by atoms with Crippen molar-refractivity contribution in [3.63, 3.8) is 0 Å². The van der Waals surface area contributed by atoms with Crippen molar-refractivity contribution < 1.29 is 0 Å². The molecule has 0 fully saturated rings. The predicted molar refractivity (Wildman–Crippen MR) is 57.1 cm³/mol. The van der Waals surface area contributed by atoms with Crippen molar-refractivity contribution in [1.82, 2.24) is 0 Å². The first-order chi connectivity index (χ1) is 5.85. The molecule has 0 atom stereocenters. The van der Waals surface area contributed by atoms with Gasteiger partial charge < -0.3 is 0 Å². The molecular formula is C12H18. The van der Waals surface area contributed by atoms with Gasteiger partial charge in [-0.15, -0.1) is 0 Å². The minimum atomic E-state index is 1.14. The Labute approximate surface area is 76.0 Å². The van der Waals surface area contributed by atoms with Crippen LogP contribution in [-0.4, -0.2) is 0 Å². The monoisotopic (exact) mass is 162 g/mol. The van der Waals surface area contributed by atoms with Crippen LogP contribution in [0.1, 0.15) is 26.7 Å². The molecule has 0 saturated carbocycles. The van der Waals surface area contributed by atoms with Crippen LogP contribution in [-0.2, 0) is 0 Å². The van der Waals surface area contributed by atoms with Crippen LogP contribution in [0, 0.1) is 0 Å². The van der Waals surface area contributed by atoms with E-state index in [1.54, 1.807) is 6.08 Å². The van der Waals surface area contributed by atoms with Crippen LogP contribution in [0.4, 0.5) is 0 Å². The molecule has 0 heteroatoms. The highest BCUT2D eigenvalue weighted by Gasteiger charge is 1.86. The predicted octanol–water partition coefficient (Wildman–Crippen LogP) is 4.03. The minimum Gasteiger partial charge on any atom is -0.0991 e. The first kappa shape index (κ1) is 11.0. The van der Waals surface area contributed by atoms with Gasteiger partial charge in [0.1, 0.15) is 0 Å². The van der Waals surface area contributed by atoms with Gasteiger partial charge in [-0.2, -0.15) is 0 Å². The van der Waals surface area contributed by atoms with E-state index >= 15 is 0 Å². The Morgan fingerprint density at radius 1 is 1.33 bits per heavy atom. The average molecular weight is 162 g/mol. The summed E-state index contributed by atoms with van der Waals surface area (Å²) >= 11 is 0. The lowest BCUT2D eigenvalue weighted by Gasteiger charge is -1.95. The van der Waals surface area contributed by atoms with Gasteiger partial charge in [0.15, 0.2) is 0 Å². The van der Waals surface area contributed by atoms with E-state index in [9.17, 15) is 0 Å². The normalized spacial score (nSPS) is 13.0. The van der Waals surface area contributed by atoms with Gasteiger partial charge in [-0.25, -0.2) is 0 Å². The van der Waals surface area contributed by atoms with Gasteiger partial charge in [-0.1, -0.05) is 56.4 Å². The summed E-state index contributed by atoms with van der Waals surface area (Å²) in [6.45, 7) is 7.85. The molecule has 0 nitrogen and oxygen atoms in total. The number of rotatable bonds is 5. The molecule has 0 amide bonds. The molecule has 0 aromatic carbocycles. The van der Waals surface area contributed by atoms with Crippen LogP contribution in [0.3, 0.4) is 0 Å². The molecule has 12 heavy (non-hydrogen) atoms. The lowest BCUT2D eigenvalue weighted by atomic mass is 10.1. The van der Waals surface area contributed by atoms with Gasteiger partial charge in [-0.3, -0.25) is 0 Å². The third-order valence-electron chi connectivity index (χ3n) is 1.48. The highest BCUT2D eigenvalue weighted by atomic mass is 13.9. The molecule has 0 saturated heterocycles. The summed E-state index contributed by atoms with van der Waals surface area (Å²) in [4.78, 5) is 0. The van der Waals surface area contributed by atoms with E-state index in [2.05, 4.69) is 31.7 Å². The maximum absolute atomic E-state index is 3.62. The van der Waals surface area contributed by atoms with E-state index in [-0.39, 0.29) is 0 Å². The van der Waals surface area contributed by atoms with Gasteiger partial charge in [0, 0.05) is 0 Å². The van der Waals surface area contributed by atoms with Crippen LogP contribution >= 0.6 is 0 Å². The van der Waals surface area contributed by atoms with E-state index in [1.807, 2.05) is 19.1 Å². The second kappa shape index (κ2) is 8.06. The zero-order valence-corrected chi connectivity index (χ0v) is 8.09.